The zero-order valence-electron chi connectivity index (χ0n) is 14.7. The first kappa shape index (κ1) is 19.2. The summed E-state index contributed by atoms with van der Waals surface area (Å²) in [5, 5.41) is 18.5. The molecule has 2 aliphatic carbocycles. The van der Waals surface area contributed by atoms with Gasteiger partial charge in [-0.2, -0.15) is 14.0 Å². The van der Waals surface area contributed by atoms with Crippen molar-refractivity contribution in [2.45, 2.75) is 56.7 Å². The monoisotopic (exact) mass is 381 g/mol. The van der Waals surface area contributed by atoms with Crippen LogP contribution in [0, 0.1) is 17.2 Å². The Morgan fingerprint density at radius 3 is 2.52 bits per heavy atom. The van der Waals surface area contributed by atoms with Crippen molar-refractivity contribution in [3.05, 3.63) is 23.8 Å². The highest BCUT2D eigenvalue weighted by molar-refractivity contribution is 5.57. The summed E-state index contributed by atoms with van der Waals surface area (Å²) in [4.78, 5) is 10.7. The Morgan fingerprint density at radius 2 is 1.96 bits per heavy atom. The van der Waals surface area contributed by atoms with E-state index in [1.807, 2.05) is 0 Å². The van der Waals surface area contributed by atoms with E-state index in [4.69, 9.17) is 14.6 Å². The molecule has 0 saturated heterocycles. The smallest absolute Gasteiger partial charge is 0.489 e. The van der Waals surface area contributed by atoms with Crippen molar-refractivity contribution >= 4 is 6.16 Å². The highest BCUT2D eigenvalue weighted by Crippen LogP contribution is 2.43. The molecule has 0 aliphatic heterocycles. The summed E-state index contributed by atoms with van der Waals surface area (Å²) in [6.07, 6.45) is 2.03. The van der Waals surface area contributed by atoms with Crippen LogP contribution in [0.25, 0.3) is 0 Å². The quantitative estimate of drug-likeness (QED) is 0.701. The molecule has 0 bridgehead atoms. The third-order valence-electron chi connectivity index (χ3n) is 5.15. The van der Waals surface area contributed by atoms with E-state index in [9.17, 15) is 18.8 Å². The molecule has 1 N–H and O–H groups in total. The van der Waals surface area contributed by atoms with Crippen LogP contribution in [0.15, 0.2) is 18.2 Å². The number of ether oxygens (including phenoxy) is 3. The molecule has 146 valence electrons. The lowest BCUT2D eigenvalue weighted by molar-refractivity contribution is -0.0515. The molecule has 8 heteroatoms. The minimum atomic E-state index is -2.97. The Balaban J connectivity index is 1.80. The second-order valence-corrected chi connectivity index (χ2v) is 7.07. The van der Waals surface area contributed by atoms with Gasteiger partial charge in [-0.05, 0) is 62.1 Å². The molecule has 1 aromatic carbocycles. The van der Waals surface area contributed by atoms with Crippen LogP contribution in [0.2, 0.25) is 0 Å². The summed E-state index contributed by atoms with van der Waals surface area (Å²) in [6.45, 7) is -2.54. The van der Waals surface area contributed by atoms with Gasteiger partial charge in [-0.1, -0.05) is 6.07 Å². The van der Waals surface area contributed by atoms with Crippen LogP contribution in [0.5, 0.6) is 11.5 Å². The number of halogens is 2. The van der Waals surface area contributed by atoms with Gasteiger partial charge >= 0.3 is 12.8 Å². The van der Waals surface area contributed by atoms with Gasteiger partial charge < -0.3 is 19.3 Å². The standard InChI is InChI=1S/C19H21F2NO5/c20-17(21)27-15-4-3-13(9-16(15)25-10-12-1-2-12)19(11-22)7-5-14(6-8-19)26-18(23)24/h3-4,9,12,14,17H,1-2,5-8,10H2,(H,23,24). The number of carboxylic acid groups (broad SMARTS) is 1. The van der Waals surface area contributed by atoms with Crippen molar-refractivity contribution < 1.29 is 32.9 Å². The number of hydrogen-bond donors (Lipinski definition) is 1. The zero-order chi connectivity index (χ0) is 19.4. The first-order chi connectivity index (χ1) is 12.9. The Kier molecular flexibility index (Phi) is 5.68. The predicted octanol–water partition coefficient (Wildman–Crippen LogP) is 4.48. The van der Waals surface area contributed by atoms with Crippen LogP contribution in [0.3, 0.4) is 0 Å². The first-order valence-corrected chi connectivity index (χ1v) is 8.95. The van der Waals surface area contributed by atoms with E-state index in [0.29, 0.717) is 43.8 Å². The van der Waals surface area contributed by atoms with Gasteiger partial charge in [0.05, 0.1) is 18.1 Å². The molecular formula is C19H21F2NO5. The maximum absolute atomic E-state index is 12.7. The third kappa shape index (κ3) is 4.79. The van der Waals surface area contributed by atoms with E-state index in [1.165, 1.54) is 6.07 Å². The second-order valence-electron chi connectivity index (χ2n) is 7.07. The van der Waals surface area contributed by atoms with E-state index in [1.54, 1.807) is 12.1 Å². The molecule has 2 aliphatic rings. The minimum absolute atomic E-state index is 0.0506. The fourth-order valence-corrected chi connectivity index (χ4v) is 3.41. The predicted molar refractivity (Wildman–Crippen MR) is 89.9 cm³/mol. The maximum Gasteiger partial charge on any atom is 0.506 e. The Bertz CT molecular complexity index is 721. The van der Waals surface area contributed by atoms with Gasteiger partial charge in [0.1, 0.15) is 6.10 Å². The summed E-state index contributed by atoms with van der Waals surface area (Å²) in [5.41, 5.74) is -0.175. The van der Waals surface area contributed by atoms with E-state index in [2.05, 4.69) is 10.8 Å². The average molecular weight is 381 g/mol. The van der Waals surface area contributed by atoms with Gasteiger partial charge in [-0.15, -0.1) is 0 Å². The van der Waals surface area contributed by atoms with Gasteiger partial charge in [-0.25, -0.2) is 4.79 Å². The molecule has 0 spiro atoms. The lowest BCUT2D eigenvalue weighted by Gasteiger charge is -2.34. The molecule has 0 amide bonds. The maximum atomic E-state index is 12.7. The van der Waals surface area contributed by atoms with Crippen molar-refractivity contribution in [2.24, 2.45) is 5.92 Å². The van der Waals surface area contributed by atoms with E-state index >= 15 is 0 Å². The SMILES string of the molecule is N#CC1(c2ccc(OC(F)F)c(OCC3CC3)c2)CCC(OC(=O)O)CC1. The molecular weight excluding hydrogens is 360 g/mol. The number of nitrogens with zero attached hydrogens (tertiary/aromatic N) is 1. The van der Waals surface area contributed by atoms with Gasteiger partial charge in [-0.3, -0.25) is 0 Å². The summed E-state index contributed by atoms with van der Waals surface area (Å²) >= 11 is 0. The lowest BCUT2D eigenvalue weighted by Crippen LogP contribution is -2.34. The van der Waals surface area contributed by atoms with E-state index in [-0.39, 0.29) is 11.5 Å². The van der Waals surface area contributed by atoms with E-state index in [0.717, 1.165) is 12.8 Å². The second kappa shape index (κ2) is 7.99. The highest BCUT2D eigenvalue weighted by Gasteiger charge is 2.39. The summed E-state index contributed by atoms with van der Waals surface area (Å²) < 4.78 is 40.4. The van der Waals surface area contributed by atoms with Crippen molar-refractivity contribution in [3.63, 3.8) is 0 Å². The van der Waals surface area contributed by atoms with Gasteiger partial charge in [0.25, 0.3) is 0 Å². The van der Waals surface area contributed by atoms with Gasteiger partial charge in [0.15, 0.2) is 11.5 Å². The van der Waals surface area contributed by atoms with Crippen LogP contribution in [-0.4, -0.2) is 30.6 Å². The third-order valence-corrected chi connectivity index (χ3v) is 5.15. The highest BCUT2D eigenvalue weighted by atomic mass is 19.3. The lowest BCUT2D eigenvalue weighted by atomic mass is 9.69. The summed E-state index contributed by atoms with van der Waals surface area (Å²) in [7, 11) is 0. The van der Waals surface area contributed by atoms with Crippen molar-refractivity contribution in [2.75, 3.05) is 6.61 Å². The number of carbonyl (C=O) groups is 1. The summed E-state index contributed by atoms with van der Waals surface area (Å²) in [6, 6.07) is 6.93. The van der Waals surface area contributed by atoms with Crippen LogP contribution in [-0.2, 0) is 10.2 Å². The average Bonchev–Trinajstić information content (AvgIpc) is 3.45. The Morgan fingerprint density at radius 1 is 1.26 bits per heavy atom. The fraction of sp³-hybridized carbons (Fsp3) is 0.579. The molecule has 0 atom stereocenters. The van der Waals surface area contributed by atoms with Crippen molar-refractivity contribution in [1.82, 2.24) is 0 Å². The number of alkyl halides is 2. The molecule has 0 radical (unpaired) electrons. The van der Waals surface area contributed by atoms with Gasteiger partial charge in [0.2, 0.25) is 0 Å². The van der Waals surface area contributed by atoms with Crippen molar-refractivity contribution in [3.8, 4) is 17.6 Å². The molecule has 0 unspecified atom stereocenters. The molecule has 2 fully saturated rings. The normalized spacial score (nSPS) is 24.9. The molecule has 2 saturated carbocycles. The van der Waals surface area contributed by atoms with Gasteiger partial charge in [0, 0.05) is 0 Å². The van der Waals surface area contributed by atoms with Crippen LogP contribution in [0.4, 0.5) is 13.6 Å². The van der Waals surface area contributed by atoms with Crippen LogP contribution in [0.1, 0.15) is 44.1 Å². The van der Waals surface area contributed by atoms with E-state index < -0.39 is 24.3 Å². The molecule has 0 aromatic heterocycles. The molecule has 6 nitrogen and oxygen atoms in total. The molecule has 27 heavy (non-hydrogen) atoms. The number of rotatable bonds is 7. The number of benzene rings is 1. The number of hydrogen-bond acceptors (Lipinski definition) is 5. The zero-order valence-corrected chi connectivity index (χ0v) is 14.7. The van der Waals surface area contributed by atoms with Crippen molar-refractivity contribution in [1.29, 1.82) is 5.26 Å². The number of nitriles is 1. The molecule has 1 aromatic rings. The molecule has 3 rings (SSSR count). The minimum Gasteiger partial charge on any atom is -0.489 e. The van der Waals surface area contributed by atoms with Crippen LogP contribution < -0.4 is 9.47 Å². The fourth-order valence-electron chi connectivity index (χ4n) is 3.41. The Hall–Kier alpha value is -2.56. The van der Waals surface area contributed by atoms with Crippen LogP contribution >= 0.6 is 0 Å². The topological polar surface area (TPSA) is 88.8 Å². The largest absolute Gasteiger partial charge is 0.506 e. The Labute approximate surface area is 155 Å². The summed E-state index contributed by atoms with van der Waals surface area (Å²) in [5.74, 6) is 0.588. The first-order valence-electron chi connectivity index (χ1n) is 8.95. The molecule has 0 heterocycles.